The molecule has 0 fully saturated rings. The number of H-pyrrole nitrogens is 1. The predicted octanol–water partition coefficient (Wildman–Crippen LogP) is 0.444. The molecular weight excluding hydrogens is 747 g/mol. The molecule has 18 heteroatoms. The monoisotopic (exact) mass is 814 g/mol. The van der Waals surface area contributed by atoms with Crippen molar-refractivity contribution in [3.05, 3.63) is 36.0 Å². The fourth-order valence-corrected chi connectivity index (χ4v) is 6.43. The summed E-state index contributed by atoms with van der Waals surface area (Å²) in [6.45, 7) is 11.1. The van der Waals surface area contributed by atoms with E-state index in [1.807, 2.05) is 38.1 Å². The van der Waals surface area contributed by atoms with Crippen LogP contribution < -0.4 is 43.8 Å². The number of hydrogen-bond acceptors (Lipinski definition) is 9. The molecule has 2 aromatic rings. The number of carboxylic acids is 1. The number of hydrogen-bond donors (Lipinski definition) is 10. The highest BCUT2D eigenvalue weighted by Crippen LogP contribution is 2.22. The van der Waals surface area contributed by atoms with Crippen molar-refractivity contribution in [2.45, 2.75) is 123 Å². The van der Waals surface area contributed by atoms with Crippen molar-refractivity contribution in [1.82, 2.24) is 36.5 Å². The van der Waals surface area contributed by atoms with Crippen LogP contribution in [0.5, 0.6) is 0 Å². The largest absolute Gasteiger partial charge is 0.480 e. The van der Waals surface area contributed by atoms with Crippen LogP contribution in [0.3, 0.4) is 0 Å². The quantitative estimate of drug-likeness (QED) is 0.0394. The van der Waals surface area contributed by atoms with Crippen molar-refractivity contribution in [3.8, 4) is 0 Å². The number of carboxylic acid groups (broad SMARTS) is 1. The van der Waals surface area contributed by atoms with E-state index in [9.17, 15) is 33.9 Å². The molecule has 324 valence electrons. The first-order valence-electron chi connectivity index (χ1n) is 19.9. The number of guanidine groups is 1. The average Bonchev–Trinajstić information content (AvgIpc) is 3.56. The van der Waals surface area contributed by atoms with E-state index in [1.165, 1.54) is 18.9 Å². The molecule has 18 nitrogen and oxygen atoms in total. The normalized spacial score (nSPS) is 14.7. The Kier molecular flexibility index (Phi) is 19.6. The van der Waals surface area contributed by atoms with Gasteiger partial charge in [-0.1, -0.05) is 52.8 Å². The smallest absolute Gasteiger partial charge is 0.326 e. The minimum atomic E-state index is -1.23. The first kappa shape index (κ1) is 48.9. The molecular formula is C40H67N11O7. The number of para-hydroxylation sites is 1. The lowest BCUT2D eigenvalue weighted by Crippen LogP contribution is -2.61. The molecule has 13 N–H and O–H groups in total. The summed E-state index contributed by atoms with van der Waals surface area (Å²) < 4.78 is 0. The Morgan fingerprint density at radius 2 is 1.43 bits per heavy atom. The van der Waals surface area contributed by atoms with Crippen molar-refractivity contribution in [1.29, 1.82) is 0 Å². The third-order valence-electron chi connectivity index (χ3n) is 9.95. The maximum atomic E-state index is 14.2. The second kappa shape index (κ2) is 23.2. The van der Waals surface area contributed by atoms with Crippen molar-refractivity contribution >= 4 is 52.4 Å². The van der Waals surface area contributed by atoms with Gasteiger partial charge in [0, 0.05) is 37.1 Å². The summed E-state index contributed by atoms with van der Waals surface area (Å²) in [6.07, 6.45) is 4.26. The number of carbonyl (C=O) groups excluding carboxylic acids is 5. The van der Waals surface area contributed by atoms with Gasteiger partial charge in [-0.05, 0) is 82.0 Å². The molecule has 0 saturated carbocycles. The summed E-state index contributed by atoms with van der Waals surface area (Å²) >= 11 is 0. The minimum Gasteiger partial charge on any atom is -0.480 e. The zero-order valence-corrected chi connectivity index (χ0v) is 35.3. The topological polar surface area (TPSA) is 292 Å². The van der Waals surface area contributed by atoms with Crippen LogP contribution in [0.25, 0.3) is 10.9 Å². The first-order valence-corrected chi connectivity index (χ1v) is 19.9. The summed E-state index contributed by atoms with van der Waals surface area (Å²) in [5.74, 6) is -4.21. The number of nitrogens with zero attached hydrogens (tertiary/aromatic N) is 2. The number of aromatic amines is 1. The number of nitrogens with one attached hydrogen (secondary N) is 6. The average molecular weight is 814 g/mol. The highest BCUT2D eigenvalue weighted by molar-refractivity contribution is 5.97. The van der Waals surface area contributed by atoms with Crippen molar-refractivity contribution in [2.24, 2.45) is 33.5 Å². The molecule has 2 rings (SSSR count). The first-order chi connectivity index (χ1) is 27.2. The van der Waals surface area contributed by atoms with Gasteiger partial charge >= 0.3 is 5.97 Å². The maximum absolute atomic E-state index is 14.2. The number of aromatic nitrogens is 1. The molecule has 0 saturated heterocycles. The zero-order valence-electron chi connectivity index (χ0n) is 35.3. The molecule has 0 aliphatic heterocycles. The number of nitrogens with two attached hydrogens (primary N) is 3. The number of fused-ring (bicyclic) bond motifs is 1. The molecule has 5 amide bonds. The van der Waals surface area contributed by atoms with E-state index < -0.39 is 77.2 Å². The van der Waals surface area contributed by atoms with Crippen LogP contribution in [-0.2, 0) is 35.2 Å². The summed E-state index contributed by atoms with van der Waals surface area (Å²) in [5.41, 5.74) is 17.2. The van der Waals surface area contributed by atoms with Gasteiger partial charge in [-0.25, -0.2) is 4.79 Å². The standard InChI is InChI=1S/C40H67N11O7/c1-23(2)20-31(38(57)58)49-36(55)32(40(4,5)6)50-35(54)30(21-25-22-46-27-15-10-9-14-26(25)27)48-33(52)24(3)51(8)37(56)29(16-11-12-18-41)47-34(53)28(44-7)17-13-19-45-39(42)43/h9-10,14-15,22-24,28-32,44,46H,11-13,16-21,41H2,1-8H3,(H,47,53)(H,48,52)(H,49,55)(H,50,54)(H,57,58)(H4,42,43,45)/t24-,28+,29+,30+,31+,32-/m1/s1. The summed E-state index contributed by atoms with van der Waals surface area (Å²) in [6, 6.07) is 1.16. The molecule has 0 spiro atoms. The Labute approximate surface area is 341 Å². The second-order valence-corrected chi connectivity index (χ2v) is 16.2. The van der Waals surface area contributed by atoms with Crippen LogP contribution in [0.15, 0.2) is 35.5 Å². The molecule has 58 heavy (non-hydrogen) atoms. The molecule has 0 radical (unpaired) electrons. The van der Waals surface area contributed by atoms with Gasteiger partial charge in [-0.3, -0.25) is 29.0 Å². The zero-order chi connectivity index (χ0) is 43.7. The number of aliphatic carboxylic acids is 1. The number of aliphatic imine (C=N–C) groups is 1. The Balaban J connectivity index is 2.38. The Morgan fingerprint density at radius 1 is 0.828 bits per heavy atom. The van der Waals surface area contributed by atoms with Gasteiger partial charge < -0.3 is 58.8 Å². The number of unbranched alkanes of at least 4 members (excludes halogenated alkanes) is 1. The van der Waals surface area contributed by atoms with E-state index in [-0.39, 0.29) is 31.1 Å². The lowest BCUT2D eigenvalue weighted by molar-refractivity contribution is -0.143. The van der Waals surface area contributed by atoms with Crippen LogP contribution in [0.2, 0.25) is 0 Å². The highest BCUT2D eigenvalue weighted by atomic mass is 16.4. The number of benzene rings is 1. The van der Waals surface area contributed by atoms with E-state index in [1.54, 1.807) is 34.0 Å². The van der Waals surface area contributed by atoms with Crippen LogP contribution in [0.4, 0.5) is 0 Å². The van der Waals surface area contributed by atoms with Gasteiger partial charge in [0.1, 0.15) is 30.2 Å². The molecule has 0 aliphatic rings. The number of rotatable bonds is 24. The Hall–Kier alpha value is -5.23. The van der Waals surface area contributed by atoms with Crippen molar-refractivity contribution in [3.63, 3.8) is 0 Å². The lowest BCUT2D eigenvalue weighted by Gasteiger charge is -2.33. The summed E-state index contributed by atoms with van der Waals surface area (Å²) in [5, 5.41) is 24.6. The van der Waals surface area contributed by atoms with Crippen LogP contribution in [-0.4, -0.2) is 120 Å². The van der Waals surface area contributed by atoms with E-state index >= 15 is 0 Å². The Bertz CT molecular complexity index is 1720. The van der Waals surface area contributed by atoms with E-state index in [0.717, 1.165) is 10.9 Å². The number of likely N-dealkylation sites (N-methyl/N-ethyl adjacent to an activating group) is 2. The number of carbonyl (C=O) groups is 6. The van der Waals surface area contributed by atoms with Gasteiger partial charge in [-0.15, -0.1) is 0 Å². The molecule has 1 aromatic carbocycles. The molecule has 1 heterocycles. The predicted molar refractivity (Wildman–Crippen MR) is 224 cm³/mol. The van der Waals surface area contributed by atoms with E-state index in [2.05, 4.69) is 36.6 Å². The van der Waals surface area contributed by atoms with Gasteiger partial charge in [0.25, 0.3) is 0 Å². The molecule has 6 atom stereocenters. The molecule has 0 unspecified atom stereocenters. The fourth-order valence-electron chi connectivity index (χ4n) is 6.43. The minimum absolute atomic E-state index is 0.0158. The third-order valence-corrected chi connectivity index (χ3v) is 9.95. The van der Waals surface area contributed by atoms with Crippen LogP contribution in [0, 0.1) is 11.3 Å². The number of amides is 5. The molecule has 0 bridgehead atoms. The van der Waals surface area contributed by atoms with Crippen molar-refractivity contribution < 1.29 is 33.9 Å². The highest BCUT2D eigenvalue weighted by Gasteiger charge is 2.38. The molecule has 0 aliphatic carbocycles. The fraction of sp³-hybridized carbons (Fsp3) is 0.625. The van der Waals surface area contributed by atoms with Gasteiger partial charge in [0.2, 0.25) is 29.5 Å². The summed E-state index contributed by atoms with van der Waals surface area (Å²) in [4.78, 5) is 89.6. The lowest BCUT2D eigenvalue weighted by atomic mass is 9.85. The van der Waals surface area contributed by atoms with Crippen molar-refractivity contribution in [2.75, 3.05) is 27.2 Å². The van der Waals surface area contributed by atoms with Gasteiger partial charge in [0.15, 0.2) is 5.96 Å². The van der Waals surface area contributed by atoms with Crippen LogP contribution >= 0.6 is 0 Å². The van der Waals surface area contributed by atoms with Crippen LogP contribution in [0.1, 0.15) is 85.6 Å². The van der Waals surface area contributed by atoms with E-state index in [0.29, 0.717) is 44.3 Å². The Morgan fingerprint density at radius 3 is 2.02 bits per heavy atom. The summed E-state index contributed by atoms with van der Waals surface area (Å²) in [7, 11) is 3.08. The van der Waals surface area contributed by atoms with Gasteiger partial charge in [-0.2, -0.15) is 0 Å². The SMILES string of the molecule is CN[C@@H](CCCN=C(N)N)C(=O)N[C@@H](CCCCN)C(=O)N(C)[C@H](C)C(=O)N[C@@H](Cc1c[nH]c2ccccc12)C(=O)N[C@H](C(=O)N[C@@H](CC(C)C)C(=O)O)C(C)(C)C. The third kappa shape index (κ3) is 15.3. The van der Waals surface area contributed by atoms with E-state index in [4.69, 9.17) is 17.2 Å². The molecule has 1 aromatic heterocycles. The second-order valence-electron chi connectivity index (χ2n) is 16.2. The maximum Gasteiger partial charge on any atom is 0.326 e. The van der Waals surface area contributed by atoms with Gasteiger partial charge in [0.05, 0.1) is 6.04 Å².